The van der Waals surface area contributed by atoms with E-state index in [1.807, 2.05) is 0 Å². The number of fused-ring (bicyclic) bond motifs is 1. The van der Waals surface area contributed by atoms with Gasteiger partial charge < -0.3 is 14.6 Å². The van der Waals surface area contributed by atoms with Crippen molar-refractivity contribution < 1.29 is 17.9 Å². The van der Waals surface area contributed by atoms with E-state index in [0.717, 1.165) is 62.2 Å². The smallest absolute Gasteiger partial charge is 0.370 e. The van der Waals surface area contributed by atoms with Crippen molar-refractivity contribution in [3.63, 3.8) is 0 Å². The van der Waals surface area contributed by atoms with Crippen LogP contribution in [0.1, 0.15) is 49.2 Å². The predicted octanol–water partition coefficient (Wildman–Crippen LogP) is 3.83. The Balaban J connectivity index is 1.84. The van der Waals surface area contributed by atoms with Gasteiger partial charge in [0.15, 0.2) is 0 Å². The summed E-state index contributed by atoms with van der Waals surface area (Å²) < 4.78 is 46.9. The van der Waals surface area contributed by atoms with E-state index >= 15 is 0 Å². The molecule has 2 aromatic rings. The lowest BCUT2D eigenvalue weighted by atomic mass is 10.1. The van der Waals surface area contributed by atoms with Gasteiger partial charge in [-0.2, -0.15) is 13.2 Å². The lowest BCUT2D eigenvalue weighted by Crippen LogP contribution is -2.30. The molecule has 0 saturated carbocycles. The van der Waals surface area contributed by atoms with Crippen molar-refractivity contribution in [2.45, 2.75) is 44.0 Å². The van der Waals surface area contributed by atoms with Gasteiger partial charge in [-0.3, -0.25) is 0 Å². The Morgan fingerprint density at radius 2 is 1.96 bits per heavy atom. The molecule has 2 fully saturated rings. The van der Waals surface area contributed by atoms with Gasteiger partial charge in [0.25, 0.3) is 0 Å². The van der Waals surface area contributed by atoms with E-state index < -0.39 is 11.7 Å². The SMILES string of the molecule is FC(F)(F)c1ccc2c(c1)nc(C1CCCO1)n2C1CCNCC1. The van der Waals surface area contributed by atoms with Crippen LogP contribution in [0.3, 0.4) is 0 Å². The Bertz CT molecular complexity index is 728. The van der Waals surface area contributed by atoms with Gasteiger partial charge in [-0.1, -0.05) is 0 Å². The van der Waals surface area contributed by atoms with Gasteiger partial charge in [-0.05, 0) is 57.0 Å². The molecule has 1 aromatic carbocycles. The Labute approximate surface area is 138 Å². The first-order chi connectivity index (χ1) is 11.5. The third-order valence-electron chi connectivity index (χ3n) is 4.94. The topological polar surface area (TPSA) is 39.1 Å². The largest absolute Gasteiger partial charge is 0.416 e. The maximum Gasteiger partial charge on any atom is 0.416 e. The van der Waals surface area contributed by atoms with Crippen LogP contribution in [0.25, 0.3) is 11.0 Å². The minimum Gasteiger partial charge on any atom is -0.370 e. The molecule has 1 unspecified atom stereocenters. The molecule has 130 valence electrons. The van der Waals surface area contributed by atoms with Crippen molar-refractivity contribution in [1.82, 2.24) is 14.9 Å². The molecule has 0 aliphatic carbocycles. The molecule has 1 N–H and O–H groups in total. The highest BCUT2D eigenvalue weighted by Gasteiger charge is 2.33. The van der Waals surface area contributed by atoms with Crippen LogP contribution in [-0.4, -0.2) is 29.2 Å². The molecule has 24 heavy (non-hydrogen) atoms. The zero-order valence-corrected chi connectivity index (χ0v) is 13.3. The van der Waals surface area contributed by atoms with Crippen molar-refractivity contribution in [1.29, 1.82) is 0 Å². The minimum absolute atomic E-state index is 0.110. The summed E-state index contributed by atoms with van der Waals surface area (Å²) in [6, 6.07) is 4.13. The summed E-state index contributed by atoms with van der Waals surface area (Å²) in [6.07, 6.45) is -0.717. The zero-order valence-electron chi connectivity index (χ0n) is 13.3. The first-order valence-electron chi connectivity index (χ1n) is 8.45. The monoisotopic (exact) mass is 339 g/mol. The molecule has 0 amide bonds. The van der Waals surface area contributed by atoms with Gasteiger partial charge in [0, 0.05) is 12.6 Å². The number of benzene rings is 1. The first kappa shape index (κ1) is 15.9. The Hall–Kier alpha value is -1.60. The van der Waals surface area contributed by atoms with E-state index in [9.17, 15) is 13.2 Å². The van der Waals surface area contributed by atoms with Crippen molar-refractivity contribution in [2.75, 3.05) is 19.7 Å². The Kier molecular flexibility index (Phi) is 4.00. The summed E-state index contributed by atoms with van der Waals surface area (Å²) in [5.41, 5.74) is 0.540. The summed E-state index contributed by atoms with van der Waals surface area (Å²) >= 11 is 0. The molecular formula is C17H20F3N3O. The van der Waals surface area contributed by atoms with Gasteiger partial charge in [-0.15, -0.1) is 0 Å². The number of hydrogen-bond acceptors (Lipinski definition) is 3. The molecule has 1 aromatic heterocycles. The number of alkyl halides is 3. The van der Waals surface area contributed by atoms with E-state index in [-0.39, 0.29) is 12.1 Å². The minimum atomic E-state index is -4.35. The average Bonchev–Trinajstić information content (AvgIpc) is 3.21. The molecule has 4 rings (SSSR count). The summed E-state index contributed by atoms with van der Waals surface area (Å²) in [7, 11) is 0. The number of nitrogens with zero attached hydrogens (tertiary/aromatic N) is 2. The van der Waals surface area contributed by atoms with Crippen LogP contribution in [-0.2, 0) is 10.9 Å². The van der Waals surface area contributed by atoms with Crippen molar-refractivity contribution in [2.24, 2.45) is 0 Å². The van der Waals surface area contributed by atoms with Crippen LogP contribution in [0.2, 0.25) is 0 Å². The van der Waals surface area contributed by atoms with E-state index in [4.69, 9.17) is 4.74 Å². The highest BCUT2D eigenvalue weighted by Crippen LogP contribution is 2.37. The van der Waals surface area contributed by atoms with Gasteiger partial charge in [0.2, 0.25) is 0 Å². The summed E-state index contributed by atoms with van der Waals surface area (Å²) in [4.78, 5) is 4.56. The fraction of sp³-hybridized carbons (Fsp3) is 0.588. The molecule has 4 nitrogen and oxygen atoms in total. The van der Waals surface area contributed by atoms with Crippen molar-refractivity contribution in [3.8, 4) is 0 Å². The second-order valence-electron chi connectivity index (χ2n) is 6.52. The van der Waals surface area contributed by atoms with Crippen LogP contribution in [0.15, 0.2) is 18.2 Å². The number of halogens is 3. The average molecular weight is 339 g/mol. The number of ether oxygens (including phenoxy) is 1. The standard InChI is InChI=1S/C17H20F3N3O/c18-17(19,20)11-3-4-14-13(10-11)22-16(15-2-1-9-24-15)23(14)12-5-7-21-8-6-12/h3-4,10,12,15,21H,1-2,5-9H2. The highest BCUT2D eigenvalue weighted by atomic mass is 19.4. The number of imidazole rings is 1. The molecule has 3 heterocycles. The van der Waals surface area contributed by atoms with Crippen LogP contribution in [0.5, 0.6) is 0 Å². The molecule has 2 saturated heterocycles. The number of hydrogen-bond donors (Lipinski definition) is 1. The molecule has 7 heteroatoms. The fourth-order valence-electron chi connectivity index (χ4n) is 3.75. The van der Waals surface area contributed by atoms with Crippen molar-refractivity contribution in [3.05, 3.63) is 29.6 Å². The summed E-state index contributed by atoms with van der Waals surface area (Å²) in [5, 5.41) is 3.33. The molecule has 1 atom stereocenters. The van der Waals surface area contributed by atoms with Gasteiger partial charge in [-0.25, -0.2) is 4.98 Å². The second-order valence-corrected chi connectivity index (χ2v) is 6.52. The molecule has 0 spiro atoms. The summed E-state index contributed by atoms with van der Waals surface area (Å²) in [5.74, 6) is 0.786. The Morgan fingerprint density at radius 1 is 1.17 bits per heavy atom. The Morgan fingerprint density at radius 3 is 2.62 bits per heavy atom. The van der Waals surface area contributed by atoms with Crippen LogP contribution < -0.4 is 5.32 Å². The van der Waals surface area contributed by atoms with E-state index in [1.165, 1.54) is 0 Å². The van der Waals surface area contributed by atoms with E-state index in [2.05, 4.69) is 14.9 Å². The molecular weight excluding hydrogens is 319 g/mol. The quantitative estimate of drug-likeness (QED) is 0.904. The van der Waals surface area contributed by atoms with Crippen LogP contribution in [0.4, 0.5) is 13.2 Å². The predicted molar refractivity (Wildman–Crippen MR) is 83.8 cm³/mol. The van der Waals surface area contributed by atoms with Crippen molar-refractivity contribution >= 4 is 11.0 Å². The molecule has 2 aliphatic rings. The number of nitrogens with one attached hydrogen (secondary N) is 1. The maximum absolute atomic E-state index is 13.0. The second kappa shape index (κ2) is 6.04. The molecule has 2 aliphatic heterocycles. The zero-order chi connectivity index (χ0) is 16.7. The molecule has 0 radical (unpaired) electrons. The lowest BCUT2D eigenvalue weighted by molar-refractivity contribution is -0.137. The highest BCUT2D eigenvalue weighted by molar-refractivity contribution is 5.77. The van der Waals surface area contributed by atoms with Gasteiger partial charge in [0.1, 0.15) is 11.9 Å². The molecule has 0 bridgehead atoms. The summed E-state index contributed by atoms with van der Waals surface area (Å²) in [6.45, 7) is 2.51. The van der Waals surface area contributed by atoms with Gasteiger partial charge >= 0.3 is 6.18 Å². The van der Waals surface area contributed by atoms with Gasteiger partial charge in [0.05, 0.1) is 16.6 Å². The fourth-order valence-corrected chi connectivity index (χ4v) is 3.75. The third-order valence-corrected chi connectivity index (χ3v) is 4.94. The maximum atomic E-state index is 13.0. The van der Waals surface area contributed by atoms with E-state index in [0.29, 0.717) is 12.1 Å². The third kappa shape index (κ3) is 2.80. The number of piperidine rings is 1. The van der Waals surface area contributed by atoms with Crippen LogP contribution >= 0.6 is 0 Å². The lowest BCUT2D eigenvalue weighted by Gasteiger charge is -2.27. The number of aromatic nitrogens is 2. The number of rotatable bonds is 2. The van der Waals surface area contributed by atoms with Crippen LogP contribution in [0, 0.1) is 0 Å². The first-order valence-corrected chi connectivity index (χ1v) is 8.45. The normalized spacial score (nSPS) is 23.2. The van der Waals surface area contributed by atoms with E-state index in [1.54, 1.807) is 6.07 Å².